The zero-order chi connectivity index (χ0) is 16.1. The molecule has 2 aromatic rings. The largest absolute Gasteiger partial charge is 0.457 e. The molecule has 1 fully saturated rings. The first-order valence-electron chi connectivity index (χ1n) is 8.09. The van der Waals surface area contributed by atoms with Gasteiger partial charge in [0.1, 0.15) is 11.5 Å². The molecule has 120 valence electrons. The van der Waals surface area contributed by atoms with Crippen molar-refractivity contribution in [2.75, 3.05) is 6.54 Å². The maximum Gasteiger partial charge on any atom is 0.237 e. The normalized spacial score (nSPS) is 18.4. The summed E-state index contributed by atoms with van der Waals surface area (Å²) in [5.41, 5.74) is 1.07. The van der Waals surface area contributed by atoms with Crippen molar-refractivity contribution >= 4 is 5.91 Å². The van der Waals surface area contributed by atoms with Gasteiger partial charge in [-0.2, -0.15) is 0 Å². The van der Waals surface area contributed by atoms with E-state index in [0.717, 1.165) is 36.4 Å². The number of amides is 1. The highest BCUT2D eigenvalue weighted by Crippen LogP contribution is 2.23. The molecule has 0 radical (unpaired) electrons. The van der Waals surface area contributed by atoms with E-state index in [0.29, 0.717) is 0 Å². The van der Waals surface area contributed by atoms with Gasteiger partial charge in [0, 0.05) is 0 Å². The van der Waals surface area contributed by atoms with Crippen molar-refractivity contribution in [3.8, 4) is 11.5 Å². The third-order valence-corrected chi connectivity index (χ3v) is 4.09. The number of rotatable bonds is 5. The lowest BCUT2D eigenvalue weighted by molar-refractivity contribution is -0.123. The third-order valence-electron chi connectivity index (χ3n) is 4.09. The van der Waals surface area contributed by atoms with Crippen LogP contribution < -0.4 is 15.4 Å². The Morgan fingerprint density at radius 3 is 2.48 bits per heavy atom. The van der Waals surface area contributed by atoms with Crippen LogP contribution in [0.5, 0.6) is 11.5 Å². The third kappa shape index (κ3) is 4.11. The molecule has 1 aliphatic heterocycles. The highest BCUT2D eigenvalue weighted by atomic mass is 16.5. The van der Waals surface area contributed by atoms with Gasteiger partial charge in [0.05, 0.1) is 12.1 Å². The molecule has 4 heteroatoms. The summed E-state index contributed by atoms with van der Waals surface area (Å²) in [5, 5.41) is 6.28. The van der Waals surface area contributed by atoms with Gasteiger partial charge in [-0.1, -0.05) is 30.3 Å². The zero-order valence-electron chi connectivity index (χ0n) is 13.3. The van der Waals surface area contributed by atoms with Crippen LogP contribution in [0.15, 0.2) is 54.6 Å². The maximum absolute atomic E-state index is 12.1. The van der Waals surface area contributed by atoms with Crippen molar-refractivity contribution in [2.24, 2.45) is 0 Å². The van der Waals surface area contributed by atoms with Gasteiger partial charge in [0.2, 0.25) is 5.91 Å². The van der Waals surface area contributed by atoms with Crippen LogP contribution in [-0.4, -0.2) is 18.5 Å². The Balaban J connectivity index is 1.58. The molecule has 0 aromatic heterocycles. The van der Waals surface area contributed by atoms with E-state index in [1.807, 2.05) is 61.5 Å². The summed E-state index contributed by atoms with van der Waals surface area (Å²) >= 11 is 0. The monoisotopic (exact) mass is 310 g/mol. The summed E-state index contributed by atoms with van der Waals surface area (Å²) < 4.78 is 5.78. The van der Waals surface area contributed by atoms with E-state index in [-0.39, 0.29) is 18.0 Å². The minimum Gasteiger partial charge on any atom is -0.457 e. The van der Waals surface area contributed by atoms with Crippen LogP contribution in [0, 0.1) is 0 Å². The Hall–Kier alpha value is -2.33. The number of benzene rings is 2. The molecule has 3 rings (SSSR count). The number of hydrogen-bond acceptors (Lipinski definition) is 3. The van der Waals surface area contributed by atoms with E-state index < -0.39 is 0 Å². The second-order valence-corrected chi connectivity index (χ2v) is 5.86. The van der Waals surface area contributed by atoms with Gasteiger partial charge < -0.3 is 15.4 Å². The molecule has 0 saturated carbocycles. The molecule has 1 heterocycles. The lowest BCUT2D eigenvalue weighted by Crippen LogP contribution is -2.41. The summed E-state index contributed by atoms with van der Waals surface area (Å²) in [5.74, 6) is 1.68. The van der Waals surface area contributed by atoms with Gasteiger partial charge in [-0.05, 0) is 56.1 Å². The number of carbonyl (C=O) groups is 1. The summed E-state index contributed by atoms with van der Waals surface area (Å²) in [6, 6.07) is 17.5. The average Bonchev–Trinajstić information content (AvgIpc) is 3.11. The van der Waals surface area contributed by atoms with Crippen molar-refractivity contribution in [1.29, 1.82) is 0 Å². The molecule has 0 spiro atoms. The minimum atomic E-state index is -0.0434. The Kier molecular flexibility index (Phi) is 4.93. The Labute approximate surface area is 136 Å². The average molecular weight is 310 g/mol. The van der Waals surface area contributed by atoms with Gasteiger partial charge >= 0.3 is 0 Å². The van der Waals surface area contributed by atoms with E-state index in [9.17, 15) is 4.79 Å². The van der Waals surface area contributed by atoms with Crippen molar-refractivity contribution in [2.45, 2.75) is 31.8 Å². The maximum atomic E-state index is 12.1. The molecule has 0 bridgehead atoms. The van der Waals surface area contributed by atoms with E-state index in [4.69, 9.17) is 4.74 Å². The van der Waals surface area contributed by atoms with Crippen molar-refractivity contribution < 1.29 is 9.53 Å². The highest BCUT2D eigenvalue weighted by Gasteiger charge is 2.23. The fourth-order valence-corrected chi connectivity index (χ4v) is 2.75. The Bertz CT molecular complexity index is 634. The molecule has 23 heavy (non-hydrogen) atoms. The van der Waals surface area contributed by atoms with Crippen LogP contribution in [0.25, 0.3) is 0 Å². The minimum absolute atomic E-state index is 0.0179. The highest BCUT2D eigenvalue weighted by molar-refractivity contribution is 5.82. The van der Waals surface area contributed by atoms with Crippen LogP contribution in [0.1, 0.15) is 31.4 Å². The van der Waals surface area contributed by atoms with Crippen LogP contribution in [0.3, 0.4) is 0 Å². The van der Waals surface area contributed by atoms with E-state index >= 15 is 0 Å². The first-order chi connectivity index (χ1) is 11.2. The lowest BCUT2D eigenvalue weighted by atomic mass is 10.1. The smallest absolute Gasteiger partial charge is 0.237 e. The lowest BCUT2D eigenvalue weighted by Gasteiger charge is -2.18. The molecular weight excluding hydrogens is 288 g/mol. The molecule has 2 unspecified atom stereocenters. The molecule has 1 amide bonds. The fraction of sp³-hybridized carbons (Fsp3) is 0.316. The first kappa shape index (κ1) is 15.6. The van der Waals surface area contributed by atoms with Crippen molar-refractivity contribution in [3.63, 3.8) is 0 Å². The Morgan fingerprint density at radius 2 is 1.83 bits per heavy atom. The van der Waals surface area contributed by atoms with E-state index in [1.54, 1.807) is 0 Å². The molecule has 1 aliphatic rings. The Morgan fingerprint density at radius 1 is 1.13 bits per heavy atom. The van der Waals surface area contributed by atoms with Gasteiger partial charge in [-0.15, -0.1) is 0 Å². The van der Waals surface area contributed by atoms with Gasteiger partial charge in [-0.25, -0.2) is 0 Å². The molecule has 1 saturated heterocycles. The topological polar surface area (TPSA) is 50.4 Å². The van der Waals surface area contributed by atoms with Crippen molar-refractivity contribution in [3.05, 3.63) is 60.2 Å². The predicted molar refractivity (Wildman–Crippen MR) is 90.5 cm³/mol. The summed E-state index contributed by atoms with van der Waals surface area (Å²) in [6.45, 7) is 2.93. The number of carbonyl (C=O) groups excluding carboxylic acids is 1. The number of para-hydroxylation sites is 1. The number of hydrogen-bond donors (Lipinski definition) is 2. The SMILES string of the molecule is CC(NC(=O)C1CCCN1)c1ccc(Oc2ccccc2)cc1. The van der Waals surface area contributed by atoms with E-state index in [2.05, 4.69) is 10.6 Å². The van der Waals surface area contributed by atoms with Gasteiger partial charge in [0.25, 0.3) is 0 Å². The van der Waals surface area contributed by atoms with Crippen LogP contribution >= 0.6 is 0 Å². The molecule has 2 atom stereocenters. The molecule has 4 nitrogen and oxygen atoms in total. The molecule has 2 N–H and O–H groups in total. The fourth-order valence-electron chi connectivity index (χ4n) is 2.75. The van der Waals surface area contributed by atoms with Crippen LogP contribution in [0.4, 0.5) is 0 Å². The van der Waals surface area contributed by atoms with E-state index in [1.165, 1.54) is 0 Å². The van der Waals surface area contributed by atoms with Gasteiger partial charge in [0.15, 0.2) is 0 Å². The molecular formula is C19H22N2O2. The standard InChI is InChI=1S/C19H22N2O2/c1-14(21-19(22)18-8-5-13-20-18)15-9-11-17(12-10-15)23-16-6-3-2-4-7-16/h2-4,6-7,9-12,14,18,20H,5,8,13H2,1H3,(H,21,22). The summed E-state index contributed by atoms with van der Waals surface area (Å²) in [4.78, 5) is 12.1. The van der Waals surface area contributed by atoms with Gasteiger partial charge in [-0.3, -0.25) is 4.79 Å². The summed E-state index contributed by atoms with van der Waals surface area (Å²) in [6.07, 6.45) is 1.99. The molecule has 0 aliphatic carbocycles. The second-order valence-electron chi connectivity index (χ2n) is 5.86. The van der Waals surface area contributed by atoms with Crippen molar-refractivity contribution in [1.82, 2.24) is 10.6 Å². The summed E-state index contributed by atoms with van der Waals surface area (Å²) in [7, 11) is 0. The molecule has 2 aromatic carbocycles. The number of nitrogens with one attached hydrogen (secondary N) is 2. The zero-order valence-corrected chi connectivity index (χ0v) is 13.3. The second kappa shape index (κ2) is 7.29. The predicted octanol–water partition coefficient (Wildman–Crippen LogP) is 3.41. The first-order valence-corrected chi connectivity index (χ1v) is 8.09. The quantitative estimate of drug-likeness (QED) is 0.890. The van der Waals surface area contributed by atoms with Crippen LogP contribution in [-0.2, 0) is 4.79 Å². The number of ether oxygens (including phenoxy) is 1. The van der Waals surface area contributed by atoms with Crippen LogP contribution in [0.2, 0.25) is 0 Å².